The first kappa shape index (κ1) is 24.9. The molecule has 1 saturated heterocycles. The van der Waals surface area contributed by atoms with Crippen molar-refractivity contribution in [1.82, 2.24) is 5.32 Å². The molecule has 188 valence electrons. The maximum absolute atomic E-state index is 13.2. The lowest BCUT2D eigenvalue weighted by atomic mass is 9.80. The topological polar surface area (TPSA) is 141 Å². The van der Waals surface area contributed by atoms with E-state index < -0.39 is 22.8 Å². The summed E-state index contributed by atoms with van der Waals surface area (Å²) in [6.07, 6.45) is 0.613. The number of ether oxygens (including phenoxy) is 3. The van der Waals surface area contributed by atoms with Crippen LogP contribution in [0, 0.1) is 10.1 Å². The van der Waals surface area contributed by atoms with Crippen LogP contribution < -0.4 is 10.1 Å². The van der Waals surface area contributed by atoms with E-state index in [1.165, 1.54) is 18.2 Å². The molecule has 2 aromatic rings. The highest BCUT2D eigenvalue weighted by Gasteiger charge is 2.37. The summed E-state index contributed by atoms with van der Waals surface area (Å²) in [6, 6.07) is 13.1. The minimum atomic E-state index is -1.23. The van der Waals surface area contributed by atoms with Gasteiger partial charge in [-0.3, -0.25) is 10.1 Å². The maximum atomic E-state index is 13.2. The summed E-state index contributed by atoms with van der Waals surface area (Å²) in [5, 5.41) is 24.1. The zero-order chi connectivity index (χ0) is 25.8. The van der Waals surface area contributed by atoms with Gasteiger partial charge in [-0.25, -0.2) is 9.59 Å². The maximum Gasteiger partial charge on any atom is 0.336 e. The van der Waals surface area contributed by atoms with Crippen LogP contribution in [0.3, 0.4) is 0 Å². The molecule has 0 radical (unpaired) electrons. The number of aliphatic carboxylic acids is 1. The Morgan fingerprint density at radius 1 is 1.14 bits per heavy atom. The van der Waals surface area contributed by atoms with Crippen molar-refractivity contribution in [2.75, 3.05) is 19.8 Å². The fraction of sp³-hybridized carbons (Fsp3) is 0.308. The van der Waals surface area contributed by atoms with Crippen molar-refractivity contribution in [2.45, 2.75) is 32.3 Å². The van der Waals surface area contributed by atoms with Crippen LogP contribution in [0.25, 0.3) is 0 Å². The van der Waals surface area contributed by atoms with Gasteiger partial charge < -0.3 is 24.6 Å². The summed E-state index contributed by atoms with van der Waals surface area (Å²) in [5.41, 5.74) is 1.87. The summed E-state index contributed by atoms with van der Waals surface area (Å²) >= 11 is 0. The Morgan fingerprint density at radius 2 is 1.83 bits per heavy atom. The van der Waals surface area contributed by atoms with E-state index in [0.29, 0.717) is 30.0 Å². The smallest absolute Gasteiger partial charge is 0.336 e. The molecule has 2 atom stereocenters. The van der Waals surface area contributed by atoms with Crippen LogP contribution >= 0.6 is 0 Å². The second-order valence-corrected chi connectivity index (χ2v) is 8.59. The average Bonchev–Trinajstić information content (AvgIpc) is 3.67. The molecule has 2 aliphatic rings. The number of hydrogen-bond acceptors (Lipinski definition) is 8. The number of allylic oxidation sites excluding steroid dienone is 2. The van der Waals surface area contributed by atoms with Gasteiger partial charge in [0, 0.05) is 29.9 Å². The molecule has 2 N–H and O–H groups in total. The van der Waals surface area contributed by atoms with Crippen LogP contribution in [-0.4, -0.2) is 47.9 Å². The van der Waals surface area contributed by atoms with Crippen molar-refractivity contribution >= 4 is 17.6 Å². The van der Waals surface area contributed by atoms with E-state index >= 15 is 0 Å². The lowest BCUT2D eigenvalue weighted by Crippen LogP contribution is -2.32. The fourth-order valence-corrected chi connectivity index (χ4v) is 4.14. The Bertz CT molecular complexity index is 1240. The summed E-state index contributed by atoms with van der Waals surface area (Å²) < 4.78 is 16.3. The molecule has 0 saturated carbocycles. The third-order valence-corrected chi connectivity index (χ3v) is 6.01. The number of nitrogens with zero attached hydrogens (tertiary/aromatic N) is 1. The molecule has 0 aromatic heterocycles. The van der Waals surface area contributed by atoms with Gasteiger partial charge in [0.15, 0.2) is 0 Å². The molecule has 2 aliphatic heterocycles. The third-order valence-electron chi connectivity index (χ3n) is 6.01. The number of esters is 1. The monoisotopic (exact) mass is 494 g/mol. The zero-order valence-corrected chi connectivity index (χ0v) is 19.9. The number of benzene rings is 2. The zero-order valence-electron chi connectivity index (χ0n) is 19.9. The fourth-order valence-electron chi connectivity index (χ4n) is 4.14. The van der Waals surface area contributed by atoms with Crippen LogP contribution in [0.4, 0.5) is 5.69 Å². The highest BCUT2D eigenvalue weighted by atomic mass is 16.6. The molecule has 2 heterocycles. The van der Waals surface area contributed by atoms with Crippen LogP contribution in [0.2, 0.25) is 0 Å². The first-order chi connectivity index (χ1) is 17.2. The summed E-state index contributed by atoms with van der Waals surface area (Å²) in [6.45, 7) is 4.54. The van der Waals surface area contributed by atoms with Gasteiger partial charge in [0.2, 0.25) is 0 Å². The number of nitrogens with one attached hydrogen (secondary N) is 1. The van der Waals surface area contributed by atoms with Crippen LogP contribution in [0.15, 0.2) is 71.1 Å². The number of carbonyl (C=O) groups excluding carboxylic acids is 1. The lowest BCUT2D eigenvalue weighted by molar-refractivity contribution is -0.384. The van der Waals surface area contributed by atoms with E-state index in [0.717, 1.165) is 17.9 Å². The third kappa shape index (κ3) is 5.72. The van der Waals surface area contributed by atoms with E-state index in [9.17, 15) is 24.8 Å². The Morgan fingerprint density at radius 3 is 2.47 bits per heavy atom. The lowest BCUT2D eigenvalue weighted by Gasteiger charge is -2.29. The number of carboxylic acid groups (broad SMARTS) is 1. The first-order valence-corrected chi connectivity index (χ1v) is 11.4. The Hall–Kier alpha value is -4.18. The van der Waals surface area contributed by atoms with Crippen LogP contribution in [-0.2, 0) is 25.5 Å². The van der Waals surface area contributed by atoms with E-state index in [-0.39, 0.29) is 29.5 Å². The average molecular weight is 495 g/mol. The van der Waals surface area contributed by atoms with Crippen molar-refractivity contribution in [3.8, 4) is 5.75 Å². The van der Waals surface area contributed by atoms with Crippen molar-refractivity contribution in [3.05, 3.63) is 92.3 Å². The van der Waals surface area contributed by atoms with Gasteiger partial charge in [-0.2, -0.15) is 0 Å². The summed E-state index contributed by atoms with van der Waals surface area (Å²) in [4.78, 5) is 36.1. The van der Waals surface area contributed by atoms with Gasteiger partial charge in [0.05, 0.1) is 35.2 Å². The molecule has 0 spiro atoms. The van der Waals surface area contributed by atoms with Gasteiger partial charge in [-0.15, -0.1) is 0 Å². The Kier molecular flexibility index (Phi) is 7.35. The highest BCUT2D eigenvalue weighted by molar-refractivity contribution is 5.99. The number of hydrogen-bond donors (Lipinski definition) is 2. The number of carboxylic acids is 1. The SMILES string of the molecule is CC1=C(C(=O)O)C(c2cccc([N+](=O)[O-])c2)C(C(=O)OCCc2ccc(OCC3CO3)cc2)=C(C)N1. The normalized spacial score (nSPS) is 18.9. The largest absolute Gasteiger partial charge is 0.491 e. The van der Waals surface area contributed by atoms with Crippen LogP contribution in [0.1, 0.15) is 30.9 Å². The summed E-state index contributed by atoms with van der Waals surface area (Å²) in [5.74, 6) is -2.22. The number of rotatable bonds is 10. The molecule has 2 aromatic carbocycles. The highest BCUT2D eigenvalue weighted by Crippen LogP contribution is 2.39. The van der Waals surface area contributed by atoms with E-state index in [4.69, 9.17) is 14.2 Å². The minimum absolute atomic E-state index is 0.0679. The number of epoxide rings is 1. The van der Waals surface area contributed by atoms with Crippen molar-refractivity contribution in [3.63, 3.8) is 0 Å². The van der Waals surface area contributed by atoms with Crippen molar-refractivity contribution in [1.29, 1.82) is 0 Å². The molecular formula is C26H26N2O8. The van der Waals surface area contributed by atoms with Gasteiger partial charge >= 0.3 is 11.9 Å². The number of nitro benzene ring substituents is 1. The van der Waals surface area contributed by atoms with Crippen LogP contribution in [0.5, 0.6) is 5.75 Å². The molecule has 0 bridgehead atoms. The molecule has 1 fully saturated rings. The number of carbonyl (C=O) groups is 2. The molecule has 0 aliphatic carbocycles. The number of dihydropyridines is 1. The minimum Gasteiger partial charge on any atom is -0.491 e. The number of nitro groups is 1. The predicted molar refractivity (Wildman–Crippen MR) is 128 cm³/mol. The van der Waals surface area contributed by atoms with E-state index in [2.05, 4.69) is 5.32 Å². The first-order valence-electron chi connectivity index (χ1n) is 11.4. The quantitative estimate of drug-likeness (QED) is 0.220. The van der Waals surface area contributed by atoms with Crippen molar-refractivity contribution < 1.29 is 33.8 Å². The molecule has 36 heavy (non-hydrogen) atoms. The van der Waals surface area contributed by atoms with Gasteiger partial charge in [-0.05, 0) is 37.1 Å². The molecule has 4 rings (SSSR count). The van der Waals surface area contributed by atoms with Gasteiger partial charge in [0.1, 0.15) is 18.5 Å². The Balaban J connectivity index is 1.49. The molecule has 10 heteroatoms. The predicted octanol–water partition coefficient (Wildman–Crippen LogP) is 3.48. The molecular weight excluding hydrogens is 468 g/mol. The second-order valence-electron chi connectivity index (χ2n) is 8.59. The van der Waals surface area contributed by atoms with Crippen molar-refractivity contribution in [2.24, 2.45) is 0 Å². The van der Waals surface area contributed by atoms with E-state index in [1.54, 1.807) is 19.9 Å². The summed E-state index contributed by atoms with van der Waals surface area (Å²) in [7, 11) is 0. The molecule has 10 nitrogen and oxygen atoms in total. The molecule has 2 unspecified atom stereocenters. The molecule has 0 amide bonds. The Labute approximate surface area is 207 Å². The van der Waals surface area contributed by atoms with E-state index in [1.807, 2.05) is 24.3 Å². The van der Waals surface area contributed by atoms with Gasteiger partial charge in [-0.1, -0.05) is 24.3 Å². The van der Waals surface area contributed by atoms with Gasteiger partial charge in [0.25, 0.3) is 5.69 Å². The number of non-ortho nitro benzene ring substituents is 1. The standard InChI is InChI=1S/C26H26N2O8/c1-15-22(25(29)30)24(18-4-3-5-19(12-18)28(32)33)23(16(2)27-15)26(31)34-11-10-17-6-8-20(9-7-17)35-13-21-14-36-21/h3-9,12,21,24,27H,10-11,13-14H2,1-2H3,(H,29,30). The second kappa shape index (κ2) is 10.6.